The van der Waals surface area contributed by atoms with E-state index in [1.54, 1.807) is 0 Å². The van der Waals surface area contributed by atoms with Crippen LogP contribution in [-0.4, -0.2) is 4.57 Å². The lowest BCUT2D eigenvalue weighted by Gasteiger charge is -2.35. The van der Waals surface area contributed by atoms with Crippen LogP contribution in [0.3, 0.4) is 0 Å². The van der Waals surface area contributed by atoms with Gasteiger partial charge in [0, 0.05) is 33.1 Å². The Bertz CT molecular complexity index is 3360. The van der Waals surface area contributed by atoms with Crippen molar-refractivity contribution in [3.8, 4) is 27.9 Å². The molecule has 2 heteroatoms. The lowest BCUT2D eigenvalue weighted by Crippen LogP contribution is -2.29. The van der Waals surface area contributed by atoms with Gasteiger partial charge in [0.1, 0.15) is 0 Å². The SMILES string of the molecule is c1ccc(-c2ccc(N(c3ccc4c(c3)c3ccccc3n4-c3cccc4c3C(c3ccccc3)(c3ccccc3)c3ccccc3-4)c3cccc4ccccc34)cc2)cc1. The average molecular weight is 777 g/mol. The molecule has 0 fully saturated rings. The molecule has 12 rings (SSSR count). The van der Waals surface area contributed by atoms with Crippen molar-refractivity contribution in [3.63, 3.8) is 0 Å². The molecule has 0 N–H and O–H groups in total. The van der Waals surface area contributed by atoms with Gasteiger partial charge in [-0.05, 0) is 92.9 Å². The standard InChI is InChI=1S/C59H40N2/c1-4-18-41(19-5-1)42-34-36-46(37-35-42)60(54-32-16-21-43-20-10-11-26-48(43)54)47-38-39-56-52(40-47)50-28-13-15-31-55(50)61(56)57-33-17-29-51-49-27-12-14-30-53(49)59(58(51)57,44-22-6-2-7-23-44)45-24-8-3-9-25-45/h1-40H. The van der Waals surface area contributed by atoms with Gasteiger partial charge in [-0.1, -0.05) is 194 Å². The normalized spacial score (nSPS) is 12.7. The molecule has 1 aliphatic carbocycles. The molecule has 10 aromatic carbocycles. The number of hydrogen-bond acceptors (Lipinski definition) is 1. The minimum atomic E-state index is -0.542. The van der Waals surface area contributed by atoms with Crippen molar-refractivity contribution < 1.29 is 0 Å². The molecule has 0 radical (unpaired) electrons. The highest BCUT2D eigenvalue weighted by Gasteiger charge is 2.48. The first-order valence-corrected chi connectivity index (χ1v) is 21.1. The zero-order valence-electron chi connectivity index (χ0n) is 33.5. The second-order valence-electron chi connectivity index (χ2n) is 16.0. The summed E-state index contributed by atoms with van der Waals surface area (Å²) in [6.07, 6.45) is 0. The van der Waals surface area contributed by atoms with E-state index in [4.69, 9.17) is 0 Å². The van der Waals surface area contributed by atoms with Gasteiger partial charge in [0.25, 0.3) is 0 Å². The van der Waals surface area contributed by atoms with Crippen LogP contribution in [0.15, 0.2) is 243 Å². The quantitative estimate of drug-likeness (QED) is 0.156. The van der Waals surface area contributed by atoms with Crippen molar-refractivity contribution in [2.75, 3.05) is 4.90 Å². The smallest absolute Gasteiger partial charge is 0.0734 e. The Hall–Kier alpha value is -7.94. The maximum Gasteiger partial charge on any atom is 0.0734 e. The van der Waals surface area contributed by atoms with E-state index in [1.807, 2.05) is 0 Å². The molecule has 0 amide bonds. The van der Waals surface area contributed by atoms with Crippen LogP contribution in [0.25, 0.3) is 60.5 Å². The van der Waals surface area contributed by atoms with Crippen LogP contribution >= 0.6 is 0 Å². The van der Waals surface area contributed by atoms with Gasteiger partial charge in [-0.15, -0.1) is 0 Å². The van der Waals surface area contributed by atoms with E-state index in [1.165, 1.54) is 82.8 Å². The molecule has 61 heavy (non-hydrogen) atoms. The Labute approximate surface area is 355 Å². The van der Waals surface area contributed by atoms with E-state index in [0.29, 0.717) is 0 Å². The number of hydrogen-bond donors (Lipinski definition) is 0. The van der Waals surface area contributed by atoms with Crippen molar-refractivity contribution >= 4 is 49.6 Å². The number of aromatic nitrogens is 1. The lowest BCUT2D eigenvalue weighted by molar-refractivity contribution is 0.762. The number of benzene rings is 10. The summed E-state index contributed by atoms with van der Waals surface area (Å²) in [4.78, 5) is 2.43. The Balaban J connectivity index is 1.12. The molecule has 0 bridgehead atoms. The molecule has 286 valence electrons. The summed E-state index contributed by atoms with van der Waals surface area (Å²) in [5.41, 5.74) is 16.4. The first kappa shape index (κ1) is 35.0. The van der Waals surface area contributed by atoms with Gasteiger partial charge in [0.05, 0.1) is 27.8 Å². The molecule has 11 aromatic rings. The van der Waals surface area contributed by atoms with Crippen molar-refractivity contribution in [2.45, 2.75) is 5.41 Å². The number of fused-ring (bicyclic) bond motifs is 7. The molecular weight excluding hydrogens is 737 g/mol. The van der Waals surface area contributed by atoms with E-state index in [9.17, 15) is 0 Å². The zero-order chi connectivity index (χ0) is 40.3. The first-order valence-electron chi connectivity index (χ1n) is 21.1. The Morgan fingerprint density at radius 3 is 1.69 bits per heavy atom. The fraction of sp³-hybridized carbons (Fsp3) is 0.0169. The molecule has 1 aliphatic rings. The molecule has 1 aromatic heterocycles. The highest BCUT2D eigenvalue weighted by Crippen LogP contribution is 2.58. The first-order chi connectivity index (χ1) is 30.3. The van der Waals surface area contributed by atoms with E-state index in [2.05, 4.69) is 252 Å². The van der Waals surface area contributed by atoms with Crippen LogP contribution in [0.4, 0.5) is 17.1 Å². The largest absolute Gasteiger partial charge is 0.310 e. The van der Waals surface area contributed by atoms with Gasteiger partial charge >= 0.3 is 0 Å². The fourth-order valence-corrected chi connectivity index (χ4v) is 10.3. The van der Waals surface area contributed by atoms with Gasteiger partial charge in [0.2, 0.25) is 0 Å². The second kappa shape index (κ2) is 14.1. The number of anilines is 3. The highest BCUT2D eigenvalue weighted by atomic mass is 15.1. The van der Waals surface area contributed by atoms with Crippen LogP contribution < -0.4 is 4.90 Å². The minimum absolute atomic E-state index is 0.542. The summed E-state index contributed by atoms with van der Waals surface area (Å²) in [7, 11) is 0. The summed E-state index contributed by atoms with van der Waals surface area (Å²) < 4.78 is 2.52. The number of rotatable bonds is 7. The van der Waals surface area contributed by atoms with Crippen LogP contribution in [0.5, 0.6) is 0 Å². The average Bonchev–Trinajstić information content (AvgIpc) is 3.84. The van der Waals surface area contributed by atoms with Crippen LogP contribution in [0.2, 0.25) is 0 Å². The molecule has 0 unspecified atom stereocenters. The van der Waals surface area contributed by atoms with Gasteiger partial charge < -0.3 is 9.47 Å². The monoisotopic (exact) mass is 776 g/mol. The van der Waals surface area contributed by atoms with E-state index in [-0.39, 0.29) is 0 Å². The van der Waals surface area contributed by atoms with Crippen LogP contribution in [0, 0.1) is 0 Å². The second-order valence-corrected chi connectivity index (χ2v) is 16.0. The third-order valence-corrected chi connectivity index (χ3v) is 12.8. The highest BCUT2D eigenvalue weighted by molar-refractivity contribution is 6.12. The van der Waals surface area contributed by atoms with Crippen molar-refractivity contribution in [1.82, 2.24) is 4.57 Å². The number of nitrogens with zero attached hydrogens (tertiary/aromatic N) is 2. The fourth-order valence-electron chi connectivity index (χ4n) is 10.3. The lowest BCUT2D eigenvalue weighted by atomic mass is 9.67. The number of para-hydroxylation sites is 1. The van der Waals surface area contributed by atoms with Crippen molar-refractivity contribution in [2.24, 2.45) is 0 Å². The molecule has 0 aliphatic heterocycles. The predicted octanol–water partition coefficient (Wildman–Crippen LogP) is 15.4. The third-order valence-electron chi connectivity index (χ3n) is 12.8. The van der Waals surface area contributed by atoms with E-state index in [0.717, 1.165) is 17.1 Å². The van der Waals surface area contributed by atoms with Crippen molar-refractivity contribution in [1.29, 1.82) is 0 Å². The molecule has 0 saturated carbocycles. The summed E-state index contributed by atoms with van der Waals surface area (Å²) in [5, 5.41) is 4.84. The summed E-state index contributed by atoms with van der Waals surface area (Å²) in [6, 6.07) is 89.1. The third kappa shape index (κ3) is 5.36. The Morgan fingerprint density at radius 2 is 0.918 bits per heavy atom. The molecule has 2 nitrogen and oxygen atoms in total. The Morgan fingerprint density at radius 1 is 0.361 bits per heavy atom. The van der Waals surface area contributed by atoms with E-state index >= 15 is 0 Å². The summed E-state index contributed by atoms with van der Waals surface area (Å²) >= 11 is 0. The van der Waals surface area contributed by atoms with Crippen molar-refractivity contribution in [3.05, 3.63) is 265 Å². The molecule has 0 spiro atoms. The van der Waals surface area contributed by atoms with Gasteiger partial charge in [-0.2, -0.15) is 0 Å². The molecular formula is C59H40N2. The van der Waals surface area contributed by atoms with Crippen LogP contribution in [-0.2, 0) is 5.41 Å². The summed E-state index contributed by atoms with van der Waals surface area (Å²) in [5.74, 6) is 0. The van der Waals surface area contributed by atoms with E-state index < -0.39 is 5.41 Å². The predicted molar refractivity (Wildman–Crippen MR) is 256 cm³/mol. The van der Waals surface area contributed by atoms with Gasteiger partial charge in [-0.25, -0.2) is 0 Å². The minimum Gasteiger partial charge on any atom is -0.310 e. The van der Waals surface area contributed by atoms with Crippen LogP contribution in [0.1, 0.15) is 22.3 Å². The zero-order valence-corrected chi connectivity index (χ0v) is 33.5. The van der Waals surface area contributed by atoms with Gasteiger partial charge in [0.15, 0.2) is 0 Å². The topological polar surface area (TPSA) is 8.17 Å². The Kier molecular flexibility index (Phi) is 8.11. The maximum absolute atomic E-state index is 2.52. The molecule has 0 saturated heterocycles. The summed E-state index contributed by atoms with van der Waals surface area (Å²) in [6.45, 7) is 0. The molecule has 0 atom stereocenters. The molecule has 1 heterocycles. The maximum atomic E-state index is 2.52. The van der Waals surface area contributed by atoms with Gasteiger partial charge in [-0.3, -0.25) is 0 Å².